The van der Waals surface area contributed by atoms with E-state index in [1.807, 2.05) is 30.3 Å². The van der Waals surface area contributed by atoms with Crippen LogP contribution < -0.4 is 4.72 Å². The van der Waals surface area contributed by atoms with E-state index in [2.05, 4.69) is 25.3 Å². The molecule has 7 nitrogen and oxygen atoms in total. The second-order valence-corrected chi connectivity index (χ2v) is 9.72. The van der Waals surface area contributed by atoms with Crippen LogP contribution in [0.1, 0.15) is 12.0 Å². The zero-order valence-electron chi connectivity index (χ0n) is 14.9. The second-order valence-electron chi connectivity index (χ2n) is 6.45. The summed E-state index contributed by atoms with van der Waals surface area (Å²) in [7, 11) is -4.05. The number of aromatic amines is 1. The van der Waals surface area contributed by atoms with E-state index in [-0.39, 0.29) is 11.5 Å². The van der Waals surface area contributed by atoms with Gasteiger partial charge in [0, 0.05) is 22.7 Å². The van der Waals surface area contributed by atoms with Crippen molar-refractivity contribution in [2.24, 2.45) is 0 Å². The van der Waals surface area contributed by atoms with Crippen LogP contribution in [0, 0.1) is 0 Å². The number of hydrogen-bond acceptors (Lipinski definition) is 5. The Bertz CT molecular complexity index is 1190. The summed E-state index contributed by atoms with van der Waals surface area (Å²) >= 11 is 12.8. The van der Waals surface area contributed by atoms with Crippen LogP contribution in [-0.4, -0.2) is 33.2 Å². The Balaban J connectivity index is 1.63. The van der Waals surface area contributed by atoms with Gasteiger partial charge in [0.05, 0.1) is 0 Å². The average Bonchev–Trinajstić information content (AvgIpc) is 3.23. The Morgan fingerprint density at radius 2 is 1.83 bits per heavy atom. The smallest absolute Gasteiger partial charge is 0.256 e. The van der Waals surface area contributed by atoms with E-state index in [1.165, 1.54) is 6.08 Å². The standard InChI is InChI=1S/C19H15Cl2N5O2S/c20-16-9-15(13-5-2-1-3-6-13)11-19(21,12-16)29(27,28)24-17-8-4-7-14(10-17)18-22-25-26-23-18/h1-10,12,24H,11H2,(H,22,23,25,26). The highest BCUT2D eigenvalue weighted by Crippen LogP contribution is 2.42. The van der Waals surface area contributed by atoms with Crippen LogP contribution in [0.2, 0.25) is 0 Å². The third kappa shape index (κ3) is 4.05. The lowest BCUT2D eigenvalue weighted by Gasteiger charge is -2.29. The van der Waals surface area contributed by atoms with E-state index in [9.17, 15) is 8.42 Å². The highest BCUT2D eigenvalue weighted by atomic mass is 35.5. The van der Waals surface area contributed by atoms with E-state index in [1.54, 1.807) is 30.3 Å². The van der Waals surface area contributed by atoms with Gasteiger partial charge in [-0.15, -0.1) is 10.2 Å². The molecule has 0 saturated heterocycles. The molecule has 0 radical (unpaired) electrons. The number of sulfonamides is 1. The lowest BCUT2D eigenvalue weighted by Crippen LogP contribution is -2.37. The maximum absolute atomic E-state index is 13.2. The molecule has 0 amide bonds. The van der Waals surface area contributed by atoms with Crippen molar-refractivity contribution in [3.63, 3.8) is 0 Å². The van der Waals surface area contributed by atoms with Crippen molar-refractivity contribution < 1.29 is 8.42 Å². The maximum Gasteiger partial charge on any atom is 0.256 e. The lowest BCUT2D eigenvalue weighted by molar-refractivity contribution is 0.588. The molecule has 0 aliphatic heterocycles. The van der Waals surface area contributed by atoms with Gasteiger partial charge in [0.2, 0.25) is 5.82 Å². The molecule has 1 aliphatic rings. The zero-order valence-corrected chi connectivity index (χ0v) is 17.2. The van der Waals surface area contributed by atoms with Gasteiger partial charge in [0.25, 0.3) is 10.0 Å². The molecule has 1 heterocycles. The minimum absolute atomic E-state index is 0.0641. The fourth-order valence-electron chi connectivity index (χ4n) is 3.03. The Morgan fingerprint density at radius 3 is 2.55 bits per heavy atom. The summed E-state index contributed by atoms with van der Waals surface area (Å²) in [5.41, 5.74) is 2.52. The maximum atomic E-state index is 13.2. The largest absolute Gasteiger partial charge is 0.282 e. The molecular weight excluding hydrogens is 433 g/mol. The molecule has 2 N–H and O–H groups in total. The van der Waals surface area contributed by atoms with Crippen molar-refractivity contribution in [2.45, 2.75) is 10.6 Å². The third-order valence-electron chi connectivity index (χ3n) is 4.41. The molecule has 4 rings (SSSR count). The van der Waals surface area contributed by atoms with E-state index in [0.29, 0.717) is 17.1 Å². The summed E-state index contributed by atoms with van der Waals surface area (Å²) in [6.45, 7) is 0. The highest BCUT2D eigenvalue weighted by molar-refractivity contribution is 7.95. The van der Waals surface area contributed by atoms with Gasteiger partial charge in [-0.25, -0.2) is 8.42 Å². The molecule has 0 fully saturated rings. The first kappa shape index (κ1) is 19.6. The monoisotopic (exact) mass is 447 g/mol. The van der Waals surface area contributed by atoms with Gasteiger partial charge < -0.3 is 0 Å². The van der Waals surface area contributed by atoms with Gasteiger partial charge in [0.1, 0.15) is 0 Å². The number of nitrogens with zero attached hydrogens (tertiary/aromatic N) is 3. The molecule has 1 atom stereocenters. The van der Waals surface area contributed by atoms with Crippen LogP contribution in [0.15, 0.2) is 71.8 Å². The summed E-state index contributed by atoms with van der Waals surface area (Å²) < 4.78 is 27.2. The molecule has 0 spiro atoms. The molecule has 0 saturated carbocycles. The zero-order chi connectivity index (χ0) is 20.5. The Kier molecular flexibility index (Phi) is 5.16. The van der Waals surface area contributed by atoms with Crippen molar-refractivity contribution in [1.29, 1.82) is 0 Å². The summed E-state index contributed by atoms with van der Waals surface area (Å²) in [6, 6.07) is 16.0. The summed E-state index contributed by atoms with van der Waals surface area (Å²) in [4.78, 5) is 0. The quantitative estimate of drug-likeness (QED) is 0.571. The topological polar surface area (TPSA) is 101 Å². The van der Waals surface area contributed by atoms with Crippen molar-refractivity contribution in [1.82, 2.24) is 20.6 Å². The molecule has 148 valence electrons. The van der Waals surface area contributed by atoms with Crippen LogP contribution >= 0.6 is 23.2 Å². The number of nitrogens with one attached hydrogen (secondary N) is 2. The normalized spacial score (nSPS) is 19.4. The van der Waals surface area contributed by atoms with Gasteiger partial charge in [-0.2, -0.15) is 5.21 Å². The minimum atomic E-state index is -4.05. The SMILES string of the molecule is O=S(=O)(Nc1cccc(-c2nn[nH]n2)c1)C1(Cl)C=C(Cl)C=C(c2ccccc2)C1. The van der Waals surface area contributed by atoms with Gasteiger partial charge in [0.15, 0.2) is 4.21 Å². The van der Waals surface area contributed by atoms with Crippen LogP contribution in [-0.2, 0) is 10.0 Å². The van der Waals surface area contributed by atoms with Crippen LogP contribution in [0.3, 0.4) is 0 Å². The number of allylic oxidation sites excluding steroid dienone is 3. The number of H-pyrrole nitrogens is 1. The van der Waals surface area contributed by atoms with Crippen LogP contribution in [0.25, 0.3) is 17.0 Å². The molecule has 1 aliphatic carbocycles. The summed E-state index contributed by atoms with van der Waals surface area (Å²) in [6.07, 6.45) is 3.13. The number of anilines is 1. The third-order valence-corrected chi connectivity index (χ3v) is 7.14. The Labute approximate surface area is 177 Å². The van der Waals surface area contributed by atoms with Gasteiger partial charge in [-0.1, -0.05) is 65.7 Å². The minimum Gasteiger partial charge on any atom is -0.282 e. The van der Waals surface area contributed by atoms with Crippen molar-refractivity contribution in [3.8, 4) is 11.4 Å². The summed E-state index contributed by atoms with van der Waals surface area (Å²) in [5.74, 6) is 0.349. The number of aromatic nitrogens is 4. The predicted molar refractivity (Wildman–Crippen MR) is 114 cm³/mol. The second kappa shape index (κ2) is 7.62. The molecule has 29 heavy (non-hydrogen) atoms. The first-order valence-corrected chi connectivity index (χ1v) is 10.8. The van der Waals surface area contributed by atoms with E-state index in [0.717, 1.165) is 11.1 Å². The molecule has 3 aromatic rings. The number of alkyl halides is 1. The number of hydrogen-bond donors (Lipinski definition) is 2. The van der Waals surface area contributed by atoms with Crippen molar-refractivity contribution in [2.75, 3.05) is 4.72 Å². The molecule has 0 bridgehead atoms. The molecule has 1 unspecified atom stereocenters. The van der Waals surface area contributed by atoms with Gasteiger partial charge >= 0.3 is 0 Å². The highest BCUT2D eigenvalue weighted by Gasteiger charge is 2.43. The van der Waals surface area contributed by atoms with Gasteiger partial charge in [-0.05, 0) is 40.6 Å². The first-order valence-electron chi connectivity index (χ1n) is 8.56. The van der Waals surface area contributed by atoms with Crippen molar-refractivity contribution >= 4 is 44.5 Å². The van der Waals surface area contributed by atoms with Crippen LogP contribution in [0.5, 0.6) is 0 Å². The summed E-state index contributed by atoms with van der Waals surface area (Å²) in [5, 5.41) is 13.9. The molecule has 2 aromatic carbocycles. The molecule has 10 heteroatoms. The van der Waals surface area contributed by atoms with Crippen molar-refractivity contribution in [3.05, 3.63) is 77.3 Å². The Morgan fingerprint density at radius 1 is 1.07 bits per heavy atom. The Hall–Kier alpha value is -2.68. The van der Waals surface area contributed by atoms with Gasteiger partial charge in [-0.3, -0.25) is 4.72 Å². The lowest BCUT2D eigenvalue weighted by atomic mass is 9.97. The number of tetrazole rings is 1. The van der Waals surface area contributed by atoms with E-state index >= 15 is 0 Å². The fourth-order valence-corrected chi connectivity index (χ4v) is 5.08. The number of halogens is 2. The number of rotatable bonds is 5. The first-order chi connectivity index (χ1) is 13.9. The van der Waals surface area contributed by atoms with E-state index in [4.69, 9.17) is 23.2 Å². The van der Waals surface area contributed by atoms with E-state index < -0.39 is 14.2 Å². The molecule has 1 aromatic heterocycles. The number of benzene rings is 2. The molecular formula is C19H15Cl2N5O2S. The fraction of sp³-hybridized carbons (Fsp3) is 0.105. The average molecular weight is 448 g/mol. The predicted octanol–water partition coefficient (Wildman–Crippen LogP) is 4.15. The van der Waals surface area contributed by atoms with Crippen LogP contribution in [0.4, 0.5) is 5.69 Å².